The topological polar surface area (TPSA) is 60.9 Å². The molecule has 3 aromatic rings. The van der Waals surface area contributed by atoms with Crippen LogP contribution in [0.3, 0.4) is 0 Å². The van der Waals surface area contributed by atoms with Gasteiger partial charge in [0.15, 0.2) is 11.6 Å². The first-order chi connectivity index (χ1) is 15.1. The van der Waals surface area contributed by atoms with Crippen LogP contribution in [0.25, 0.3) is 0 Å². The van der Waals surface area contributed by atoms with E-state index in [9.17, 15) is 9.18 Å². The van der Waals surface area contributed by atoms with Gasteiger partial charge in [0.05, 0.1) is 25.9 Å². The van der Waals surface area contributed by atoms with Crippen LogP contribution >= 0.6 is 0 Å². The zero-order chi connectivity index (χ0) is 21.6. The number of hydrogen-bond donors (Lipinski definition) is 0. The fourth-order valence-corrected chi connectivity index (χ4v) is 3.46. The Kier molecular flexibility index (Phi) is 6.43. The van der Waals surface area contributed by atoms with E-state index in [4.69, 9.17) is 14.2 Å². The summed E-state index contributed by atoms with van der Waals surface area (Å²) >= 11 is 0. The van der Waals surface area contributed by atoms with E-state index in [0.717, 1.165) is 23.4 Å². The van der Waals surface area contributed by atoms with E-state index in [0.29, 0.717) is 25.3 Å². The van der Waals surface area contributed by atoms with E-state index in [1.165, 1.54) is 13.2 Å². The minimum atomic E-state index is -0.430. The van der Waals surface area contributed by atoms with Crippen molar-refractivity contribution >= 4 is 17.3 Å². The molecule has 0 N–H and O–H groups in total. The third-order valence-electron chi connectivity index (χ3n) is 5.05. The van der Waals surface area contributed by atoms with Crippen LogP contribution in [-0.4, -0.2) is 37.4 Å². The molecule has 1 atom stereocenters. The van der Waals surface area contributed by atoms with Gasteiger partial charge in [-0.05, 0) is 42.0 Å². The largest absolute Gasteiger partial charge is 0.485 e. The molecule has 2 aromatic carbocycles. The molecule has 1 unspecified atom stereocenters. The summed E-state index contributed by atoms with van der Waals surface area (Å²) in [5, 5.41) is 0. The second kappa shape index (κ2) is 9.57. The van der Waals surface area contributed by atoms with Gasteiger partial charge in [-0.2, -0.15) is 0 Å². The molecular formula is C24H23FN2O4. The van der Waals surface area contributed by atoms with Gasteiger partial charge in [-0.15, -0.1) is 0 Å². The summed E-state index contributed by atoms with van der Waals surface area (Å²) in [6.07, 6.45) is 4.04. The van der Waals surface area contributed by atoms with Crippen molar-refractivity contribution in [2.24, 2.45) is 0 Å². The molecule has 0 aliphatic carbocycles. The standard InChI is InChI=1S/C24H23FN2O4/c1-29-24(28)18-5-2-6-19(12-18)27(15-17-4-3-10-26-14-17)20-7-8-22(25)23(13-20)31-21-9-11-30-16-21/h2-8,10,12-14,21H,9,11,15-16H2,1H3. The Balaban J connectivity index is 1.71. The Morgan fingerprint density at radius 2 is 2.06 bits per heavy atom. The maximum Gasteiger partial charge on any atom is 0.337 e. The number of ether oxygens (including phenoxy) is 3. The van der Waals surface area contributed by atoms with Gasteiger partial charge in [0, 0.05) is 42.8 Å². The van der Waals surface area contributed by atoms with Gasteiger partial charge in [0.25, 0.3) is 0 Å². The summed E-state index contributed by atoms with van der Waals surface area (Å²) in [5.74, 6) is -0.680. The summed E-state index contributed by atoms with van der Waals surface area (Å²) in [6.45, 7) is 1.53. The van der Waals surface area contributed by atoms with Crippen molar-refractivity contribution in [1.82, 2.24) is 4.98 Å². The van der Waals surface area contributed by atoms with Crippen LogP contribution in [0.4, 0.5) is 15.8 Å². The normalized spacial score (nSPS) is 15.5. The zero-order valence-corrected chi connectivity index (χ0v) is 17.2. The van der Waals surface area contributed by atoms with Crippen LogP contribution in [0.2, 0.25) is 0 Å². The molecule has 1 fully saturated rings. The molecule has 0 radical (unpaired) electrons. The van der Waals surface area contributed by atoms with Crippen molar-refractivity contribution in [1.29, 1.82) is 0 Å². The van der Waals surface area contributed by atoms with Gasteiger partial charge in [0.1, 0.15) is 6.10 Å². The number of methoxy groups -OCH3 is 1. The predicted molar refractivity (Wildman–Crippen MR) is 114 cm³/mol. The fraction of sp³-hybridized carbons (Fsp3) is 0.250. The van der Waals surface area contributed by atoms with E-state index in [1.807, 2.05) is 23.1 Å². The molecule has 31 heavy (non-hydrogen) atoms. The van der Waals surface area contributed by atoms with Crippen LogP contribution in [0.1, 0.15) is 22.3 Å². The Labute approximate surface area is 180 Å². The molecule has 1 aliphatic heterocycles. The molecule has 0 saturated carbocycles. The summed E-state index contributed by atoms with van der Waals surface area (Å²) in [4.78, 5) is 18.2. The first-order valence-electron chi connectivity index (χ1n) is 10.0. The second-order valence-corrected chi connectivity index (χ2v) is 7.21. The Bertz CT molecular complexity index is 1040. The molecule has 6 nitrogen and oxygen atoms in total. The second-order valence-electron chi connectivity index (χ2n) is 7.21. The number of aromatic nitrogens is 1. The highest BCUT2D eigenvalue weighted by Gasteiger charge is 2.21. The molecule has 1 aromatic heterocycles. The van der Waals surface area contributed by atoms with Crippen LogP contribution in [0, 0.1) is 5.82 Å². The Hall–Kier alpha value is -3.45. The number of carbonyl (C=O) groups is 1. The van der Waals surface area contributed by atoms with Gasteiger partial charge in [-0.1, -0.05) is 12.1 Å². The van der Waals surface area contributed by atoms with Gasteiger partial charge in [0.2, 0.25) is 0 Å². The SMILES string of the molecule is COC(=O)c1cccc(N(Cc2cccnc2)c2ccc(F)c(OC3CCOC3)c2)c1. The molecule has 0 spiro atoms. The van der Waals surface area contributed by atoms with Crippen LogP contribution in [0.15, 0.2) is 67.0 Å². The molecule has 1 saturated heterocycles. The number of benzene rings is 2. The number of esters is 1. The number of halogens is 1. The highest BCUT2D eigenvalue weighted by Crippen LogP contribution is 2.33. The van der Waals surface area contributed by atoms with Crippen LogP contribution < -0.4 is 9.64 Å². The minimum Gasteiger partial charge on any atom is -0.485 e. The lowest BCUT2D eigenvalue weighted by Gasteiger charge is -2.26. The molecule has 0 amide bonds. The first-order valence-corrected chi connectivity index (χ1v) is 10.0. The molecule has 7 heteroatoms. The van der Waals surface area contributed by atoms with Gasteiger partial charge in [-0.3, -0.25) is 4.98 Å². The fourth-order valence-electron chi connectivity index (χ4n) is 3.46. The van der Waals surface area contributed by atoms with Gasteiger partial charge in [-0.25, -0.2) is 9.18 Å². The van der Waals surface area contributed by atoms with Crippen LogP contribution in [-0.2, 0) is 16.0 Å². The number of pyridine rings is 1. The third-order valence-corrected chi connectivity index (χ3v) is 5.05. The maximum absolute atomic E-state index is 14.5. The number of hydrogen-bond acceptors (Lipinski definition) is 6. The molecule has 0 bridgehead atoms. The quantitative estimate of drug-likeness (QED) is 0.522. The van der Waals surface area contributed by atoms with Gasteiger partial charge < -0.3 is 19.1 Å². The van der Waals surface area contributed by atoms with E-state index in [2.05, 4.69) is 4.98 Å². The predicted octanol–water partition coefficient (Wildman–Crippen LogP) is 4.51. The average Bonchev–Trinajstić information content (AvgIpc) is 3.32. The highest BCUT2D eigenvalue weighted by atomic mass is 19.1. The third kappa shape index (κ3) is 5.00. The summed E-state index contributed by atoms with van der Waals surface area (Å²) in [5.41, 5.74) is 2.87. The Morgan fingerprint density at radius 1 is 1.19 bits per heavy atom. The summed E-state index contributed by atoms with van der Waals surface area (Å²) in [7, 11) is 1.35. The van der Waals surface area contributed by atoms with Gasteiger partial charge >= 0.3 is 5.97 Å². The lowest BCUT2D eigenvalue weighted by Crippen LogP contribution is -2.19. The molecule has 4 rings (SSSR count). The average molecular weight is 422 g/mol. The molecule has 1 aliphatic rings. The zero-order valence-electron chi connectivity index (χ0n) is 17.2. The smallest absolute Gasteiger partial charge is 0.337 e. The van der Waals surface area contributed by atoms with Crippen molar-refractivity contribution in [3.63, 3.8) is 0 Å². The van der Waals surface area contributed by atoms with E-state index < -0.39 is 11.8 Å². The summed E-state index contributed by atoms with van der Waals surface area (Å²) in [6, 6.07) is 15.7. The monoisotopic (exact) mass is 422 g/mol. The molecule has 2 heterocycles. The number of nitrogens with zero attached hydrogens (tertiary/aromatic N) is 2. The van der Waals surface area contributed by atoms with E-state index in [1.54, 1.807) is 42.7 Å². The number of rotatable bonds is 7. The molecule has 160 valence electrons. The lowest BCUT2D eigenvalue weighted by atomic mass is 10.1. The highest BCUT2D eigenvalue weighted by molar-refractivity contribution is 5.90. The lowest BCUT2D eigenvalue weighted by molar-refractivity contribution is 0.0600. The van der Waals surface area contributed by atoms with Crippen molar-refractivity contribution in [2.45, 2.75) is 19.1 Å². The number of carbonyl (C=O) groups excluding carboxylic acids is 1. The summed E-state index contributed by atoms with van der Waals surface area (Å²) < 4.78 is 30.5. The van der Waals surface area contributed by atoms with Crippen LogP contribution in [0.5, 0.6) is 5.75 Å². The first kappa shape index (κ1) is 20.8. The number of anilines is 2. The maximum atomic E-state index is 14.5. The Morgan fingerprint density at radius 3 is 2.81 bits per heavy atom. The van der Waals surface area contributed by atoms with Crippen molar-refractivity contribution in [3.8, 4) is 5.75 Å². The van der Waals surface area contributed by atoms with Crippen molar-refractivity contribution < 1.29 is 23.4 Å². The van der Waals surface area contributed by atoms with E-state index in [-0.39, 0.29) is 11.9 Å². The van der Waals surface area contributed by atoms with Crippen molar-refractivity contribution in [3.05, 3.63) is 83.9 Å². The minimum absolute atomic E-state index is 0.167. The van der Waals surface area contributed by atoms with Crippen molar-refractivity contribution in [2.75, 3.05) is 25.2 Å². The molecular weight excluding hydrogens is 399 g/mol. The van der Waals surface area contributed by atoms with E-state index >= 15 is 0 Å².